The predicted molar refractivity (Wildman–Crippen MR) is 76.5 cm³/mol. The first-order valence-electron chi connectivity index (χ1n) is 6.53. The van der Waals surface area contributed by atoms with Crippen molar-refractivity contribution in [2.24, 2.45) is 12.5 Å². The van der Waals surface area contributed by atoms with Crippen molar-refractivity contribution in [3.05, 3.63) is 15.8 Å². The van der Waals surface area contributed by atoms with E-state index >= 15 is 0 Å². The van der Waals surface area contributed by atoms with Gasteiger partial charge in [0.2, 0.25) is 5.82 Å². The summed E-state index contributed by atoms with van der Waals surface area (Å²) < 4.78 is 1.57. The van der Waals surface area contributed by atoms with E-state index in [1.165, 1.54) is 0 Å². The Bertz CT molecular complexity index is 472. The van der Waals surface area contributed by atoms with Gasteiger partial charge in [-0.2, -0.15) is 5.10 Å². The zero-order valence-corrected chi connectivity index (χ0v) is 12.8. The third-order valence-electron chi connectivity index (χ3n) is 3.43. The highest BCUT2D eigenvalue weighted by Gasteiger charge is 2.31. The fraction of sp³-hybridized carbons (Fsp3) is 0.769. The fourth-order valence-corrected chi connectivity index (χ4v) is 1.69. The number of aromatic nitrogens is 2. The van der Waals surface area contributed by atoms with Crippen LogP contribution in [0.15, 0.2) is 0 Å². The highest BCUT2D eigenvalue weighted by molar-refractivity contribution is 5.61. The molecule has 1 atom stereocenters. The van der Waals surface area contributed by atoms with Crippen LogP contribution >= 0.6 is 0 Å². The Labute approximate surface area is 114 Å². The summed E-state index contributed by atoms with van der Waals surface area (Å²) in [6, 6.07) is 0.0987. The molecular formula is C13H24N4O2. The molecule has 1 heterocycles. The quantitative estimate of drug-likeness (QED) is 0.671. The maximum atomic E-state index is 11.3. The summed E-state index contributed by atoms with van der Waals surface area (Å²) in [4.78, 5) is 11.0. The summed E-state index contributed by atoms with van der Waals surface area (Å²) in [7, 11) is 1.73. The lowest BCUT2D eigenvalue weighted by Crippen LogP contribution is -2.31. The van der Waals surface area contributed by atoms with Crippen LogP contribution in [-0.4, -0.2) is 20.7 Å². The van der Waals surface area contributed by atoms with E-state index in [0.717, 1.165) is 0 Å². The van der Waals surface area contributed by atoms with Gasteiger partial charge in [0.15, 0.2) is 0 Å². The van der Waals surface area contributed by atoms with Gasteiger partial charge in [-0.05, 0) is 12.3 Å². The average Bonchev–Trinajstić information content (AvgIpc) is 2.55. The molecule has 1 aromatic heterocycles. The summed E-state index contributed by atoms with van der Waals surface area (Å²) in [6.45, 7) is 12.1. The first-order valence-corrected chi connectivity index (χ1v) is 6.53. The number of aryl methyl sites for hydroxylation is 1. The Hall–Kier alpha value is -1.59. The Kier molecular flexibility index (Phi) is 4.22. The van der Waals surface area contributed by atoms with Gasteiger partial charge in [-0.15, -0.1) is 0 Å². The largest absolute Gasteiger partial charge is 0.362 e. The van der Waals surface area contributed by atoms with E-state index in [0.29, 0.717) is 11.5 Å². The second-order valence-corrected chi connectivity index (χ2v) is 6.35. The lowest BCUT2D eigenvalue weighted by molar-refractivity contribution is -0.384. The molecule has 0 spiro atoms. The minimum Gasteiger partial charge on any atom is -0.362 e. The molecule has 0 aliphatic rings. The van der Waals surface area contributed by atoms with Crippen LogP contribution in [0, 0.1) is 15.5 Å². The number of nitrogens with zero attached hydrogens (tertiary/aromatic N) is 3. The van der Waals surface area contributed by atoms with Gasteiger partial charge in [0, 0.05) is 19.0 Å². The number of hydrogen-bond acceptors (Lipinski definition) is 4. The molecule has 0 radical (unpaired) electrons. The van der Waals surface area contributed by atoms with E-state index in [-0.39, 0.29) is 28.0 Å². The van der Waals surface area contributed by atoms with Crippen LogP contribution in [0.3, 0.4) is 0 Å². The van der Waals surface area contributed by atoms with E-state index in [4.69, 9.17) is 0 Å². The molecule has 0 aliphatic carbocycles. The molecule has 1 N–H and O–H groups in total. The minimum atomic E-state index is -0.347. The molecule has 0 aromatic carbocycles. The van der Waals surface area contributed by atoms with Crippen molar-refractivity contribution in [2.75, 3.05) is 5.32 Å². The Morgan fingerprint density at radius 1 is 1.32 bits per heavy atom. The molecule has 0 bridgehead atoms. The van der Waals surface area contributed by atoms with Gasteiger partial charge in [0.05, 0.1) is 4.92 Å². The summed E-state index contributed by atoms with van der Waals surface area (Å²) in [5.41, 5.74) is 0.626. The smallest absolute Gasteiger partial charge is 0.334 e. The third-order valence-corrected chi connectivity index (χ3v) is 3.43. The van der Waals surface area contributed by atoms with Gasteiger partial charge < -0.3 is 5.32 Å². The van der Waals surface area contributed by atoms with E-state index in [9.17, 15) is 10.1 Å². The van der Waals surface area contributed by atoms with Crippen LogP contribution in [0.2, 0.25) is 0 Å². The molecular weight excluding hydrogens is 244 g/mol. The van der Waals surface area contributed by atoms with E-state index in [2.05, 4.69) is 31.2 Å². The maximum absolute atomic E-state index is 11.3. The topological polar surface area (TPSA) is 73.0 Å². The highest BCUT2D eigenvalue weighted by Crippen LogP contribution is 2.34. The SMILES string of the molecule is CC(C)c1nn(C)c(NC(C)C(C)(C)C)c1[N+](=O)[O-]. The molecule has 6 nitrogen and oxygen atoms in total. The van der Waals surface area contributed by atoms with Crippen molar-refractivity contribution in [1.82, 2.24) is 9.78 Å². The number of hydrogen-bond donors (Lipinski definition) is 1. The number of nitro groups is 1. The van der Waals surface area contributed by atoms with Crippen LogP contribution in [0.4, 0.5) is 11.5 Å². The van der Waals surface area contributed by atoms with E-state index in [1.54, 1.807) is 11.7 Å². The number of nitrogens with one attached hydrogen (secondary N) is 1. The van der Waals surface area contributed by atoms with Crippen LogP contribution in [-0.2, 0) is 7.05 Å². The molecule has 0 saturated carbocycles. The van der Waals surface area contributed by atoms with Gasteiger partial charge in [0.1, 0.15) is 5.69 Å². The Morgan fingerprint density at radius 2 is 1.84 bits per heavy atom. The van der Waals surface area contributed by atoms with Crippen molar-refractivity contribution in [1.29, 1.82) is 0 Å². The van der Waals surface area contributed by atoms with Crippen molar-refractivity contribution < 1.29 is 4.92 Å². The van der Waals surface area contributed by atoms with Crippen LogP contribution < -0.4 is 5.32 Å². The summed E-state index contributed by atoms with van der Waals surface area (Å²) in [5, 5.41) is 18.8. The molecule has 0 fully saturated rings. The molecule has 108 valence electrons. The van der Waals surface area contributed by atoms with Gasteiger partial charge in [-0.1, -0.05) is 34.6 Å². The number of rotatable bonds is 4. The van der Waals surface area contributed by atoms with E-state index in [1.807, 2.05) is 20.8 Å². The lowest BCUT2D eigenvalue weighted by Gasteiger charge is -2.28. The normalized spacial score (nSPS) is 13.7. The van der Waals surface area contributed by atoms with Gasteiger partial charge in [0.25, 0.3) is 0 Å². The number of anilines is 1. The fourth-order valence-electron chi connectivity index (χ4n) is 1.69. The minimum absolute atomic E-state index is 0.0101. The van der Waals surface area contributed by atoms with Crippen LogP contribution in [0.5, 0.6) is 0 Å². The van der Waals surface area contributed by atoms with E-state index < -0.39 is 0 Å². The Morgan fingerprint density at radius 3 is 2.21 bits per heavy atom. The lowest BCUT2D eigenvalue weighted by atomic mass is 9.88. The molecule has 0 aliphatic heterocycles. The first-order chi connectivity index (χ1) is 8.55. The predicted octanol–water partition coefficient (Wildman–Crippen LogP) is 3.30. The summed E-state index contributed by atoms with van der Waals surface area (Å²) in [6.07, 6.45) is 0. The van der Waals surface area contributed by atoms with Crippen molar-refractivity contribution in [2.45, 2.75) is 53.5 Å². The zero-order chi connectivity index (χ0) is 15.0. The molecule has 0 amide bonds. The molecule has 1 aromatic rings. The van der Waals surface area contributed by atoms with Crippen molar-refractivity contribution in [3.63, 3.8) is 0 Å². The standard InChI is InChI=1S/C13H24N4O2/c1-8(2)10-11(17(18)19)12(16(7)15-10)14-9(3)13(4,5)6/h8-9,14H,1-7H3. The van der Waals surface area contributed by atoms with Crippen molar-refractivity contribution in [3.8, 4) is 0 Å². The average molecular weight is 268 g/mol. The molecule has 1 rings (SSSR count). The first kappa shape index (κ1) is 15.5. The molecule has 0 saturated heterocycles. The maximum Gasteiger partial charge on any atom is 0.334 e. The van der Waals surface area contributed by atoms with Gasteiger partial charge >= 0.3 is 5.69 Å². The molecule has 6 heteroatoms. The second kappa shape index (κ2) is 5.19. The summed E-state index contributed by atoms with van der Waals surface area (Å²) >= 11 is 0. The zero-order valence-electron chi connectivity index (χ0n) is 12.8. The molecule has 19 heavy (non-hydrogen) atoms. The van der Waals surface area contributed by atoms with Crippen LogP contribution in [0.25, 0.3) is 0 Å². The van der Waals surface area contributed by atoms with Gasteiger partial charge in [-0.3, -0.25) is 10.1 Å². The Balaban J connectivity index is 3.24. The molecule has 1 unspecified atom stereocenters. The second-order valence-electron chi connectivity index (χ2n) is 6.35. The highest BCUT2D eigenvalue weighted by atomic mass is 16.6. The third kappa shape index (κ3) is 3.24. The van der Waals surface area contributed by atoms with Gasteiger partial charge in [-0.25, -0.2) is 4.68 Å². The monoisotopic (exact) mass is 268 g/mol. The summed E-state index contributed by atoms with van der Waals surface area (Å²) in [5.74, 6) is 0.503. The van der Waals surface area contributed by atoms with Crippen molar-refractivity contribution >= 4 is 11.5 Å². The van der Waals surface area contributed by atoms with Crippen LogP contribution in [0.1, 0.15) is 53.2 Å².